The maximum atomic E-state index is 11.8. The second-order valence-corrected chi connectivity index (χ2v) is 9.71. The van der Waals surface area contributed by atoms with Crippen LogP contribution in [0.2, 0.25) is 0 Å². The highest BCUT2D eigenvalue weighted by atomic mass is 16.7. The molecule has 2 aliphatic rings. The molecule has 2 rings (SSSR count). The molecular weight excluding hydrogens is 536 g/mol. The van der Waals surface area contributed by atoms with Crippen LogP contribution in [0.4, 0.5) is 0 Å². The summed E-state index contributed by atoms with van der Waals surface area (Å²) in [5.41, 5.74) is 18.1. The predicted molar refractivity (Wildman–Crippen MR) is 136 cm³/mol. The van der Waals surface area contributed by atoms with Gasteiger partial charge in [0.1, 0.15) is 55.1 Å². The summed E-state index contributed by atoms with van der Waals surface area (Å²) in [5, 5.41) is 73.1. The second-order valence-electron chi connectivity index (χ2n) is 9.71. The molecule has 1 saturated heterocycles. The average molecular weight is 579 g/mol. The number of terminal acetylenes is 1. The van der Waals surface area contributed by atoms with Gasteiger partial charge >= 0.3 is 0 Å². The molecule has 0 spiro atoms. The number of carbonyl (C=O) groups is 1. The van der Waals surface area contributed by atoms with Gasteiger partial charge in [0, 0.05) is 31.1 Å². The molecule has 1 amide bonds. The Labute approximate surface area is 231 Å². The van der Waals surface area contributed by atoms with Crippen LogP contribution in [0.3, 0.4) is 0 Å². The summed E-state index contributed by atoms with van der Waals surface area (Å²) >= 11 is 0. The fraction of sp³-hybridized carbons (Fsp3) is 0.792. The Bertz CT molecular complexity index is 845. The normalized spacial score (nSPS) is 36.9. The van der Waals surface area contributed by atoms with E-state index in [1.165, 1.54) is 0 Å². The van der Waals surface area contributed by atoms with Gasteiger partial charge in [-0.15, -0.1) is 12.3 Å². The third-order valence-electron chi connectivity index (χ3n) is 6.69. The molecule has 1 saturated carbocycles. The molecule has 0 radical (unpaired) electrons. The minimum absolute atomic E-state index is 0.0161. The Morgan fingerprint density at radius 2 is 1.77 bits per heavy atom. The lowest BCUT2D eigenvalue weighted by Gasteiger charge is -2.47. The zero-order valence-electron chi connectivity index (χ0n) is 21.9. The molecule has 10 unspecified atom stereocenters. The van der Waals surface area contributed by atoms with E-state index in [2.05, 4.69) is 11.2 Å². The van der Waals surface area contributed by atoms with Gasteiger partial charge in [0.15, 0.2) is 6.29 Å². The highest BCUT2D eigenvalue weighted by Crippen LogP contribution is 2.29. The zero-order valence-corrected chi connectivity index (χ0v) is 21.9. The maximum Gasteiger partial charge on any atom is 0.228 e. The van der Waals surface area contributed by atoms with Crippen molar-refractivity contribution >= 4 is 5.91 Å². The minimum Gasteiger partial charge on any atom is -0.468 e. The Kier molecular flexibility index (Phi) is 14.1. The number of aliphatic hydroxyl groups excluding tert-OH is 7. The Balaban J connectivity index is 2.13. The van der Waals surface area contributed by atoms with Crippen molar-refractivity contribution in [1.29, 1.82) is 0 Å². The lowest BCUT2D eigenvalue weighted by Crippen LogP contribution is -2.67. The molecular formula is C24H42N4O12. The third kappa shape index (κ3) is 9.03. The number of amides is 1. The number of hydrogen-bond acceptors (Lipinski definition) is 15. The third-order valence-corrected chi connectivity index (χ3v) is 6.69. The van der Waals surface area contributed by atoms with Gasteiger partial charge < -0.3 is 77.2 Å². The smallest absolute Gasteiger partial charge is 0.228 e. The number of carbonyl (C=O) groups excluding carboxylic acids is 1. The molecule has 0 aromatic rings. The molecule has 1 aliphatic heterocycles. The van der Waals surface area contributed by atoms with Crippen LogP contribution in [0.15, 0.2) is 12.5 Å². The number of nitrogens with two attached hydrogens (primary N) is 3. The van der Waals surface area contributed by atoms with Crippen LogP contribution >= 0.6 is 0 Å². The first-order valence-electron chi connectivity index (χ1n) is 12.8. The number of rotatable bonds is 14. The molecule has 230 valence electrons. The van der Waals surface area contributed by atoms with Crippen LogP contribution in [0.5, 0.6) is 0 Å². The monoisotopic (exact) mass is 578 g/mol. The highest BCUT2D eigenvalue weighted by molar-refractivity contribution is 5.76. The van der Waals surface area contributed by atoms with Crippen LogP contribution in [-0.4, -0.2) is 134 Å². The van der Waals surface area contributed by atoms with Crippen molar-refractivity contribution in [3.63, 3.8) is 0 Å². The van der Waals surface area contributed by atoms with E-state index in [0.29, 0.717) is 12.8 Å². The molecule has 13 atom stereocenters. The molecule has 14 N–H and O–H groups in total. The van der Waals surface area contributed by atoms with Crippen molar-refractivity contribution < 1.29 is 59.5 Å². The van der Waals surface area contributed by atoms with Crippen LogP contribution in [0.1, 0.15) is 25.7 Å². The van der Waals surface area contributed by atoms with Crippen LogP contribution in [0.25, 0.3) is 0 Å². The van der Waals surface area contributed by atoms with Gasteiger partial charge in [-0.3, -0.25) is 4.79 Å². The fourth-order valence-electron chi connectivity index (χ4n) is 4.33. The quantitative estimate of drug-likeness (QED) is 0.0396. The molecule has 2 fully saturated rings. The number of aliphatic hydroxyl groups is 7. The van der Waals surface area contributed by atoms with Crippen molar-refractivity contribution in [2.75, 3.05) is 13.2 Å². The first-order chi connectivity index (χ1) is 19.0. The number of nitrogens with one attached hydrogen (secondary N) is 1. The van der Waals surface area contributed by atoms with Crippen molar-refractivity contribution in [2.24, 2.45) is 17.2 Å². The van der Waals surface area contributed by atoms with E-state index in [0.717, 1.165) is 12.5 Å². The largest absolute Gasteiger partial charge is 0.468 e. The summed E-state index contributed by atoms with van der Waals surface area (Å²) in [4.78, 5) is 11.8. The number of hydrogen-bond donors (Lipinski definition) is 11. The summed E-state index contributed by atoms with van der Waals surface area (Å²) in [7, 11) is 0. The number of ether oxygens (including phenoxy) is 4. The van der Waals surface area contributed by atoms with Gasteiger partial charge in [-0.25, -0.2) is 0 Å². The predicted octanol–water partition coefficient (Wildman–Crippen LogP) is -5.61. The zero-order chi connectivity index (χ0) is 30.0. The molecule has 1 heterocycles. The molecule has 16 nitrogen and oxygen atoms in total. The standard InChI is InChI=1S/C24H42N4O12/c1-2-3-4-5-15(32)28-6-7-37-23(17(33)13(31)9-29)39-21-11(25)8-12(26)22(20(21)36)40-24-19(35)16(27)18(34)14(10-30)38-24/h1,6-7,11-14,16-24,29-31,33-36H,3-5,8-10,25-27H2,(H,28,32)/b7-6-/t11?,12?,13-,14-,16?,17?,18?,19?,20?,21?,22?,23?,24+/m1/s1. The van der Waals surface area contributed by atoms with Gasteiger partial charge in [-0.05, 0) is 12.8 Å². The molecule has 0 aromatic carbocycles. The SMILES string of the molecule is C#CCCCC(=O)N/C=C\OC(OC1C(N)CC(N)C(O[C@@H]2O[C@H](CO)C(O)C(N)C2O)C1O)C(O)[C@H](O)CO. The molecule has 1 aliphatic carbocycles. The second kappa shape index (κ2) is 16.5. The van der Waals surface area contributed by atoms with E-state index in [-0.39, 0.29) is 18.7 Å². The summed E-state index contributed by atoms with van der Waals surface area (Å²) in [6.45, 7) is -1.48. The van der Waals surface area contributed by atoms with E-state index < -0.39 is 92.8 Å². The molecule has 40 heavy (non-hydrogen) atoms. The van der Waals surface area contributed by atoms with E-state index in [9.17, 15) is 40.5 Å². The summed E-state index contributed by atoms with van der Waals surface area (Å²) in [5.74, 6) is 2.06. The average Bonchev–Trinajstić information content (AvgIpc) is 2.93. The van der Waals surface area contributed by atoms with Crippen molar-refractivity contribution in [2.45, 2.75) is 105 Å². The van der Waals surface area contributed by atoms with E-state index in [4.69, 9.17) is 42.6 Å². The molecule has 0 aromatic heterocycles. The maximum absolute atomic E-state index is 11.8. The highest BCUT2D eigenvalue weighted by Gasteiger charge is 2.49. The van der Waals surface area contributed by atoms with Gasteiger partial charge in [-0.1, -0.05) is 0 Å². The van der Waals surface area contributed by atoms with E-state index >= 15 is 0 Å². The Morgan fingerprint density at radius 3 is 2.40 bits per heavy atom. The van der Waals surface area contributed by atoms with Crippen LogP contribution in [-0.2, 0) is 23.7 Å². The Hall–Kier alpha value is -1.95. The van der Waals surface area contributed by atoms with Gasteiger partial charge in [0.05, 0.1) is 19.3 Å². The van der Waals surface area contributed by atoms with E-state index in [1.807, 2.05) is 0 Å². The van der Waals surface area contributed by atoms with Crippen molar-refractivity contribution in [1.82, 2.24) is 5.32 Å². The summed E-state index contributed by atoms with van der Waals surface area (Å²) in [6, 6.07) is -3.06. The fourth-order valence-corrected chi connectivity index (χ4v) is 4.33. The van der Waals surface area contributed by atoms with Gasteiger partial charge in [0.25, 0.3) is 0 Å². The van der Waals surface area contributed by atoms with Gasteiger partial charge in [-0.2, -0.15) is 0 Å². The lowest BCUT2D eigenvalue weighted by atomic mass is 9.84. The molecule has 0 bridgehead atoms. The number of unbranched alkanes of at least 4 members (excludes halogenated alkanes) is 1. The lowest BCUT2D eigenvalue weighted by molar-refractivity contribution is -0.312. The summed E-state index contributed by atoms with van der Waals surface area (Å²) in [6.07, 6.45) is -6.72. The van der Waals surface area contributed by atoms with Crippen LogP contribution in [0, 0.1) is 12.3 Å². The van der Waals surface area contributed by atoms with Crippen LogP contribution < -0.4 is 22.5 Å². The minimum atomic E-state index is -1.83. The topological polar surface area (TPSA) is 286 Å². The summed E-state index contributed by atoms with van der Waals surface area (Å²) < 4.78 is 22.2. The van der Waals surface area contributed by atoms with E-state index in [1.54, 1.807) is 0 Å². The van der Waals surface area contributed by atoms with Crippen molar-refractivity contribution in [3.8, 4) is 12.3 Å². The molecule has 16 heteroatoms. The first kappa shape index (κ1) is 34.3. The van der Waals surface area contributed by atoms with Crippen molar-refractivity contribution in [3.05, 3.63) is 12.5 Å². The Morgan fingerprint density at radius 1 is 1.10 bits per heavy atom. The first-order valence-corrected chi connectivity index (χ1v) is 12.8. The van der Waals surface area contributed by atoms with Gasteiger partial charge in [0.2, 0.25) is 12.2 Å².